The summed E-state index contributed by atoms with van der Waals surface area (Å²) in [5.41, 5.74) is 0.610. The van der Waals surface area contributed by atoms with Gasteiger partial charge in [-0.25, -0.2) is 4.98 Å². The Labute approximate surface area is 126 Å². The summed E-state index contributed by atoms with van der Waals surface area (Å²) in [6, 6.07) is 5.39. The van der Waals surface area contributed by atoms with Crippen molar-refractivity contribution in [1.29, 1.82) is 0 Å². The zero-order valence-corrected chi connectivity index (χ0v) is 12.3. The van der Waals surface area contributed by atoms with Crippen molar-refractivity contribution >= 4 is 11.7 Å². The van der Waals surface area contributed by atoms with Gasteiger partial charge in [-0.3, -0.25) is 4.79 Å². The smallest absolute Gasteiger partial charge is 0.225 e. The van der Waals surface area contributed by atoms with E-state index in [1.165, 1.54) is 19.3 Å². The summed E-state index contributed by atoms with van der Waals surface area (Å²) in [7, 11) is 0. The van der Waals surface area contributed by atoms with Crippen LogP contribution in [0, 0.1) is 17.8 Å². The fraction of sp³-hybridized carbons (Fsp3) is 0.529. The number of hydrogen-bond donors (Lipinski definition) is 2. The van der Waals surface area contributed by atoms with Crippen molar-refractivity contribution in [2.24, 2.45) is 5.92 Å². The lowest BCUT2D eigenvalue weighted by Gasteiger charge is -2.20. The van der Waals surface area contributed by atoms with Crippen LogP contribution >= 0.6 is 0 Å². The quantitative estimate of drug-likeness (QED) is 0.837. The summed E-state index contributed by atoms with van der Waals surface area (Å²) < 4.78 is 0. The third-order valence-corrected chi connectivity index (χ3v) is 3.67. The summed E-state index contributed by atoms with van der Waals surface area (Å²) in [6.07, 6.45) is 7.12. The molecule has 0 unspecified atom stereocenters. The number of nitrogens with one attached hydrogen (secondary N) is 1. The van der Waals surface area contributed by atoms with Crippen LogP contribution in [0.15, 0.2) is 18.2 Å². The molecule has 2 N–H and O–H groups in total. The molecular formula is C17H22N2O2. The van der Waals surface area contributed by atoms with E-state index in [1.807, 2.05) is 6.07 Å². The van der Waals surface area contributed by atoms with E-state index in [1.54, 1.807) is 12.1 Å². The van der Waals surface area contributed by atoms with Crippen LogP contribution in [-0.4, -0.2) is 22.6 Å². The van der Waals surface area contributed by atoms with E-state index in [-0.39, 0.29) is 12.5 Å². The van der Waals surface area contributed by atoms with Gasteiger partial charge in [0.15, 0.2) is 0 Å². The SMILES string of the molecule is O=C(CC1CCCCC1)Nc1cccc(C#CCCO)n1. The lowest BCUT2D eigenvalue weighted by atomic mass is 9.87. The second kappa shape index (κ2) is 8.43. The molecule has 1 amide bonds. The summed E-state index contributed by atoms with van der Waals surface area (Å²) in [4.78, 5) is 16.3. The van der Waals surface area contributed by atoms with Crippen LogP contribution in [0.1, 0.15) is 50.6 Å². The maximum atomic E-state index is 12.0. The first-order chi connectivity index (χ1) is 10.3. The summed E-state index contributed by atoms with van der Waals surface area (Å²) >= 11 is 0. The van der Waals surface area contributed by atoms with Crippen LogP contribution in [-0.2, 0) is 4.79 Å². The second-order valence-corrected chi connectivity index (χ2v) is 5.44. The lowest BCUT2D eigenvalue weighted by Crippen LogP contribution is -2.18. The van der Waals surface area contributed by atoms with Crippen molar-refractivity contribution in [3.05, 3.63) is 23.9 Å². The predicted molar refractivity (Wildman–Crippen MR) is 82.6 cm³/mol. The maximum Gasteiger partial charge on any atom is 0.225 e. The van der Waals surface area contributed by atoms with Crippen LogP contribution in [0.3, 0.4) is 0 Å². The first kappa shape index (κ1) is 15.5. The van der Waals surface area contributed by atoms with Crippen molar-refractivity contribution in [2.75, 3.05) is 11.9 Å². The van der Waals surface area contributed by atoms with Crippen LogP contribution in [0.25, 0.3) is 0 Å². The number of pyridine rings is 1. The Morgan fingerprint density at radius 1 is 1.33 bits per heavy atom. The highest BCUT2D eigenvalue weighted by Crippen LogP contribution is 2.26. The number of carbonyl (C=O) groups is 1. The van der Waals surface area contributed by atoms with Gasteiger partial charge in [0.25, 0.3) is 0 Å². The van der Waals surface area contributed by atoms with Gasteiger partial charge in [-0.1, -0.05) is 31.2 Å². The fourth-order valence-corrected chi connectivity index (χ4v) is 2.63. The van der Waals surface area contributed by atoms with Crippen LogP contribution in [0.4, 0.5) is 5.82 Å². The normalized spacial score (nSPS) is 15.1. The number of carbonyl (C=O) groups excluding carboxylic acids is 1. The number of anilines is 1. The minimum Gasteiger partial charge on any atom is -0.395 e. The monoisotopic (exact) mass is 286 g/mol. The van der Waals surface area contributed by atoms with Crippen LogP contribution in [0.2, 0.25) is 0 Å². The van der Waals surface area contributed by atoms with Gasteiger partial charge in [-0.05, 0) is 36.8 Å². The molecule has 2 rings (SSSR count). The Morgan fingerprint density at radius 3 is 2.90 bits per heavy atom. The van der Waals surface area contributed by atoms with E-state index in [2.05, 4.69) is 22.1 Å². The molecule has 4 nitrogen and oxygen atoms in total. The molecule has 0 bridgehead atoms. The molecule has 0 aromatic carbocycles. The zero-order chi connectivity index (χ0) is 14.9. The highest BCUT2D eigenvalue weighted by atomic mass is 16.2. The average Bonchev–Trinajstić information content (AvgIpc) is 2.49. The molecule has 0 aliphatic heterocycles. The van der Waals surface area contributed by atoms with Gasteiger partial charge in [0, 0.05) is 12.8 Å². The second-order valence-electron chi connectivity index (χ2n) is 5.44. The number of aliphatic hydroxyl groups is 1. The topological polar surface area (TPSA) is 62.2 Å². The molecule has 0 radical (unpaired) electrons. The number of amides is 1. The van der Waals surface area contributed by atoms with E-state index in [0.717, 1.165) is 12.8 Å². The Bertz CT molecular complexity index is 525. The van der Waals surface area contributed by atoms with Crippen molar-refractivity contribution in [3.8, 4) is 11.8 Å². The standard InChI is InChI=1S/C17H22N2O2/c20-12-5-4-9-15-10-6-11-16(18-15)19-17(21)13-14-7-2-1-3-8-14/h6,10-11,14,20H,1-3,5,7-8,12-13H2,(H,18,19,21). The van der Waals surface area contributed by atoms with Gasteiger partial charge in [-0.2, -0.15) is 0 Å². The maximum absolute atomic E-state index is 12.0. The third kappa shape index (κ3) is 5.57. The predicted octanol–water partition coefficient (Wildman–Crippen LogP) is 2.72. The molecule has 1 saturated carbocycles. The number of aliphatic hydroxyl groups excluding tert-OH is 1. The first-order valence-corrected chi connectivity index (χ1v) is 7.64. The number of rotatable bonds is 4. The molecule has 1 aromatic rings. The largest absolute Gasteiger partial charge is 0.395 e. The van der Waals surface area contributed by atoms with Crippen molar-refractivity contribution < 1.29 is 9.90 Å². The summed E-state index contributed by atoms with van der Waals surface area (Å²) in [6.45, 7) is 0.0464. The fourth-order valence-electron chi connectivity index (χ4n) is 2.63. The van der Waals surface area contributed by atoms with Crippen LogP contribution in [0.5, 0.6) is 0 Å². The molecule has 1 aromatic heterocycles. The molecule has 0 atom stereocenters. The van der Waals surface area contributed by atoms with Gasteiger partial charge < -0.3 is 10.4 Å². The molecule has 1 heterocycles. The molecule has 21 heavy (non-hydrogen) atoms. The highest BCUT2D eigenvalue weighted by molar-refractivity contribution is 5.89. The Morgan fingerprint density at radius 2 is 2.14 bits per heavy atom. The minimum absolute atomic E-state index is 0.0369. The highest BCUT2D eigenvalue weighted by Gasteiger charge is 2.17. The molecule has 1 aliphatic rings. The molecule has 0 spiro atoms. The van der Waals surface area contributed by atoms with E-state index >= 15 is 0 Å². The van der Waals surface area contributed by atoms with E-state index in [9.17, 15) is 4.79 Å². The average molecular weight is 286 g/mol. The third-order valence-electron chi connectivity index (χ3n) is 3.67. The molecule has 1 aliphatic carbocycles. The van der Waals surface area contributed by atoms with Crippen molar-refractivity contribution in [3.63, 3.8) is 0 Å². The Balaban J connectivity index is 1.88. The molecule has 1 fully saturated rings. The lowest BCUT2D eigenvalue weighted by molar-refractivity contribution is -0.117. The minimum atomic E-state index is 0.0369. The number of hydrogen-bond acceptors (Lipinski definition) is 3. The van der Waals surface area contributed by atoms with Gasteiger partial charge >= 0.3 is 0 Å². The van der Waals surface area contributed by atoms with Crippen LogP contribution < -0.4 is 5.32 Å². The molecule has 0 saturated heterocycles. The van der Waals surface area contributed by atoms with Gasteiger partial charge in [-0.15, -0.1) is 0 Å². The van der Waals surface area contributed by atoms with E-state index < -0.39 is 0 Å². The number of aromatic nitrogens is 1. The van der Waals surface area contributed by atoms with E-state index in [4.69, 9.17) is 5.11 Å². The molecule has 112 valence electrons. The van der Waals surface area contributed by atoms with Gasteiger partial charge in [0.1, 0.15) is 11.5 Å². The van der Waals surface area contributed by atoms with E-state index in [0.29, 0.717) is 30.3 Å². The molecule has 4 heteroatoms. The van der Waals surface area contributed by atoms with Gasteiger partial charge in [0.05, 0.1) is 6.61 Å². The number of nitrogens with zero attached hydrogens (tertiary/aromatic N) is 1. The summed E-state index contributed by atoms with van der Waals surface area (Å²) in [5, 5.41) is 11.5. The van der Waals surface area contributed by atoms with Gasteiger partial charge in [0.2, 0.25) is 5.91 Å². The Hall–Kier alpha value is -1.86. The molecular weight excluding hydrogens is 264 g/mol. The van der Waals surface area contributed by atoms with Crippen molar-refractivity contribution in [2.45, 2.75) is 44.9 Å². The Kier molecular flexibility index (Phi) is 6.23. The zero-order valence-electron chi connectivity index (χ0n) is 12.3. The van der Waals surface area contributed by atoms with Crippen molar-refractivity contribution in [1.82, 2.24) is 4.98 Å². The summed E-state index contributed by atoms with van der Waals surface area (Å²) in [5.74, 6) is 6.79. The first-order valence-electron chi connectivity index (χ1n) is 7.64.